The fourth-order valence-corrected chi connectivity index (χ4v) is 3.67. The molecule has 3 aromatic carbocycles. The second-order valence-electron chi connectivity index (χ2n) is 4.77. The van der Waals surface area contributed by atoms with Crippen molar-refractivity contribution in [1.82, 2.24) is 0 Å². The molecule has 0 heterocycles. The zero-order chi connectivity index (χ0) is 14.5. The molecule has 104 valence electrons. The predicted molar refractivity (Wildman–Crippen MR) is 94.7 cm³/mol. The number of hydrogen-bond acceptors (Lipinski definition) is 1. The van der Waals surface area contributed by atoms with E-state index in [1.54, 1.807) is 0 Å². The molecule has 0 saturated carbocycles. The van der Waals surface area contributed by atoms with Gasteiger partial charge >= 0.3 is 0 Å². The predicted octanol–water partition coefficient (Wildman–Crippen LogP) is 6.33. The van der Waals surface area contributed by atoms with Gasteiger partial charge in [0.2, 0.25) is 0 Å². The molecule has 0 bridgehead atoms. The lowest BCUT2D eigenvalue weighted by molar-refractivity contribution is 1.15. The van der Waals surface area contributed by atoms with Crippen molar-refractivity contribution in [3.63, 3.8) is 0 Å². The van der Waals surface area contributed by atoms with Crippen molar-refractivity contribution >= 4 is 27.7 Å². The number of benzene rings is 3. The van der Waals surface area contributed by atoms with Gasteiger partial charge < -0.3 is 0 Å². The van der Waals surface area contributed by atoms with Gasteiger partial charge in [0.05, 0.1) is 5.25 Å². The maximum Gasteiger partial charge on any atom is 0.0593 e. The lowest BCUT2D eigenvalue weighted by Crippen LogP contribution is -1.96. The van der Waals surface area contributed by atoms with Gasteiger partial charge in [-0.2, -0.15) is 0 Å². The third-order valence-electron chi connectivity index (χ3n) is 3.27. The van der Waals surface area contributed by atoms with E-state index in [4.69, 9.17) is 0 Å². The summed E-state index contributed by atoms with van der Waals surface area (Å²) in [4.78, 5) is 1.29. The number of halogens is 1. The van der Waals surface area contributed by atoms with Crippen LogP contribution in [-0.4, -0.2) is 0 Å². The Hall–Kier alpha value is -1.51. The first kappa shape index (κ1) is 14.4. The van der Waals surface area contributed by atoms with Gasteiger partial charge in [0.1, 0.15) is 0 Å². The maximum atomic E-state index is 3.51. The lowest BCUT2D eigenvalue weighted by atomic mass is 10.0. The monoisotopic (exact) mass is 354 g/mol. The summed E-state index contributed by atoms with van der Waals surface area (Å²) in [5.41, 5.74) is 2.65. The van der Waals surface area contributed by atoms with Gasteiger partial charge in [0.25, 0.3) is 0 Å². The van der Waals surface area contributed by atoms with Crippen LogP contribution in [0.3, 0.4) is 0 Å². The molecule has 3 rings (SSSR count). The molecule has 21 heavy (non-hydrogen) atoms. The van der Waals surface area contributed by atoms with Gasteiger partial charge in [0, 0.05) is 9.37 Å². The third-order valence-corrected chi connectivity index (χ3v) is 5.13. The zero-order valence-corrected chi connectivity index (χ0v) is 13.8. The lowest BCUT2D eigenvalue weighted by Gasteiger charge is -2.18. The minimum Gasteiger partial charge on any atom is -0.113 e. The number of rotatable bonds is 4. The maximum absolute atomic E-state index is 3.51. The fraction of sp³-hybridized carbons (Fsp3) is 0.0526. The highest BCUT2D eigenvalue weighted by molar-refractivity contribution is 9.10. The van der Waals surface area contributed by atoms with Crippen LogP contribution < -0.4 is 0 Å². The van der Waals surface area contributed by atoms with E-state index in [1.807, 2.05) is 11.8 Å². The molecule has 1 atom stereocenters. The van der Waals surface area contributed by atoms with E-state index in [2.05, 4.69) is 101 Å². The van der Waals surface area contributed by atoms with Crippen LogP contribution in [0.15, 0.2) is 94.3 Å². The smallest absolute Gasteiger partial charge is 0.0593 e. The van der Waals surface area contributed by atoms with E-state index in [0.29, 0.717) is 5.25 Å². The molecule has 0 aliphatic rings. The first-order valence-electron chi connectivity index (χ1n) is 6.85. The van der Waals surface area contributed by atoms with E-state index >= 15 is 0 Å². The standard InChI is InChI=1S/C19H15BrS/c20-17-13-11-16(12-14-17)19(15-7-3-1-4-8-15)21-18-9-5-2-6-10-18/h1-14,19H/t19-/m1/s1. The Morgan fingerprint density at radius 1 is 0.619 bits per heavy atom. The van der Waals surface area contributed by atoms with Crippen LogP contribution >= 0.6 is 27.7 Å². The van der Waals surface area contributed by atoms with E-state index in [0.717, 1.165) is 4.47 Å². The Bertz CT molecular complexity index is 678. The van der Waals surface area contributed by atoms with Gasteiger partial charge in [-0.05, 0) is 35.4 Å². The van der Waals surface area contributed by atoms with Gasteiger partial charge in [-0.1, -0.05) is 76.6 Å². The van der Waals surface area contributed by atoms with Crippen LogP contribution in [0.5, 0.6) is 0 Å². The van der Waals surface area contributed by atoms with Crippen molar-refractivity contribution in [3.05, 3.63) is 101 Å². The minimum absolute atomic E-state index is 0.307. The Morgan fingerprint density at radius 3 is 1.76 bits per heavy atom. The Labute approximate surface area is 138 Å². The van der Waals surface area contributed by atoms with Crippen LogP contribution in [0.25, 0.3) is 0 Å². The molecule has 2 heteroatoms. The summed E-state index contributed by atoms with van der Waals surface area (Å²) in [7, 11) is 0. The molecular formula is C19H15BrS. The highest BCUT2D eigenvalue weighted by Gasteiger charge is 2.15. The van der Waals surface area contributed by atoms with Crippen LogP contribution in [0.1, 0.15) is 16.4 Å². The van der Waals surface area contributed by atoms with E-state index in [-0.39, 0.29) is 0 Å². The molecule has 0 aliphatic heterocycles. The molecule has 0 radical (unpaired) electrons. The van der Waals surface area contributed by atoms with Crippen LogP contribution in [0.4, 0.5) is 0 Å². The summed E-state index contributed by atoms with van der Waals surface area (Å²) in [6, 6.07) is 29.8. The zero-order valence-electron chi connectivity index (χ0n) is 11.4. The summed E-state index contributed by atoms with van der Waals surface area (Å²) in [5, 5.41) is 0.307. The van der Waals surface area contributed by atoms with Crippen molar-refractivity contribution in [1.29, 1.82) is 0 Å². The third kappa shape index (κ3) is 3.78. The van der Waals surface area contributed by atoms with Gasteiger partial charge in [-0.3, -0.25) is 0 Å². The first-order valence-corrected chi connectivity index (χ1v) is 8.52. The summed E-state index contributed by atoms with van der Waals surface area (Å²) >= 11 is 5.40. The molecule has 0 nitrogen and oxygen atoms in total. The molecule has 0 amide bonds. The Morgan fingerprint density at radius 2 is 1.14 bits per heavy atom. The molecule has 0 saturated heterocycles. The highest BCUT2D eigenvalue weighted by atomic mass is 79.9. The average Bonchev–Trinajstić information content (AvgIpc) is 2.55. The average molecular weight is 355 g/mol. The van der Waals surface area contributed by atoms with Crippen LogP contribution in [0.2, 0.25) is 0 Å². The van der Waals surface area contributed by atoms with E-state index in [9.17, 15) is 0 Å². The van der Waals surface area contributed by atoms with Gasteiger partial charge in [-0.15, -0.1) is 11.8 Å². The van der Waals surface area contributed by atoms with Gasteiger partial charge in [-0.25, -0.2) is 0 Å². The van der Waals surface area contributed by atoms with Gasteiger partial charge in [0.15, 0.2) is 0 Å². The van der Waals surface area contributed by atoms with Crippen LogP contribution in [-0.2, 0) is 0 Å². The van der Waals surface area contributed by atoms with Crippen molar-refractivity contribution in [3.8, 4) is 0 Å². The van der Waals surface area contributed by atoms with Crippen molar-refractivity contribution in [2.45, 2.75) is 10.1 Å². The van der Waals surface area contributed by atoms with E-state index in [1.165, 1.54) is 16.0 Å². The van der Waals surface area contributed by atoms with Crippen molar-refractivity contribution in [2.24, 2.45) is 0 Å². The minimum atomic E-state index is 0.307. The molecule has 3 aromatic rings. The Kier molecular flexibility index (Phi) is 4.79. The molecule has 0 fully saturated rings. The summed E-state index contributed by atoms with van der Waals surface area (Å²) in [6.45, 7) is 0. The molecule has 0 aromatic heterocycles. The highest BCUT2D eigenvalue weighted by Crippen LogP contribution is 2.40. The summed E-state index contributed by atoms with van der Waals surface area (Å²) in [5.74, 6) is 0. The van der Waals surface area contributed by atoms with Crippen molar-refractivity contribution in [2.75, 3.05) is 0 Å². The van der Waals surface area contributed by atoms with Crippen LogP contribution in [0, 0.1) is 0 Å². The summed E-state index contributed by atoms with van der Waals surface area (Å²) in [6.07, 6.45) is 0. The SMILES string of the molecule is Brc1ccc([C@H](Sc2ccccc2)c2ccccc2)cc1. The molecule has 0 spiro atoms. The molecular weight excluding hydrogens is 340 g/mol. The number of thioether (sulfide) groups is 1. The largest absolute Gasteiger partial charge is 0.113 e. The Balaban J connectivity index is 1.97. The molecule has 0 N–H and O–H groups in total. The number of hydrogen-bond donors (Lipinski definition) is 0. The summed E-state index contributed by atoms with van der Waals surface area (Å²) < 4.78 is 1.11. The van der Waals surface area contributed by atoms with E-state index < -0.39 is 0 Å². The second kappa shape index (κ2) is 6.97. The molecule has 0 aliphatic carbocycles. The topological polar surface area (TPSA) is 0 Å². The van der Waals surface area contributed by atoms with Crippen molar-refractivity contribution < 1.29 is 0 Å². The second-order valence-corrected chi connectivity index (χ2v) is 6.87. The first-order chi connectivity index (χ1) is 10.3. The fourth-order valence-electron chi connectivity index (χ4n) is 2.23. The molecule has 0 unspecified atom stereocenters. The normalized spacial score (nSPS) is 12.0. The quantitative estimate of drug-likeness (QED) is 0.493.